The fourth-order valence-electron chi connectivity index (χ4n) is 4.63. The predicted octanol–water partition coefficient (Wildman–Crippen LogP) is 3.38. The van der Waals surface area contributed by atoms with Crippen molar-refractivity contribution >= 4 is 23.5 Å². The van der Waals surface area contributed by atoms with Crippen molar-refractivity contribution in [2.45, 2.75) is 25.7 Å². The lowest BCUT2D eigenvalue weighted by molar-refractivity contribution is 0.0714. The summed E-state index contributed by atoms with van der Waals surface area (Å²) >= 11 is 0. The molecule has 170 valence electrons. The number of Topliss-reactive ketones (excluding diaryl/α,β-unsaturated/α-hetero) is 1. The first-order chi connectivity index (χ1) is 16.1. The smallest absolute Gasteiger partial charge is 0.289 e. The summed E-state index contributed by atoms with van der Waals surface area (Å²) in [5.41, 5.74) is 2.58. The summed E-state index contributed by atoms with van der Waals surface area (Å²) in [7, 11) is 0. The van der Waals surface area contributed by atoms with Gasteiger partial charge in [0.25, 0.3) is 5.91 Å². The van der Waals surface area contributed by atoms with Crippen molar-refractivity contribution < 1.29 is 14.0 Å². The molecule has 1 aliphatic carbocycles. The molecule has 1 saturated heterocycles. The Kier molecular flexibility index (Phi) is 5.81. The number of ketones is 1. The summed E-state index contributed by atoms with van der Waals surface area (Å²) in [6, 6.07) is 13.6. The second-order valence-corrected chi connectivity index (χ2v) is 8.42. The molecular formula is C25H27N5O3. The highest BCUT2D eigenvalue weighted by Gasteiger charge is 2.32. The molecule has 8 heteroatoms. The molecule has 1 aliphatic heterocycles. The van der Waals surface area contributed by atoms with Crippen LogP contribution >= 0.6 is 0 Å². The Bertz CT molecular complexity index is 1140. The third-order valence-corrected chi connectivity index (χ3v) is 6.32. The molecule has 2 aliphatic rings. The van der Waals surface area contributed by atoms with E-state index in [-0.39, 0.29) is 17.6 Å². The molecule has 3 aromatic rings. The van der Waals surface area contributed by atoms with Crippen LogP contribution in [0.2, 0.25) is 0 Å². The van der Waals surface area contributed by atoms with Crippen molar-refractivity contribution in [1.82, 2.24) is 14.9 Å². The number of hydrogen-bond acceptors (Lipinski definition) is 7. The third kappa shape index (κ3) is 4.20. The van der Waals surface area contributed by atoms with Gasteiger partial charge in [0.05, 0.1) is 17.5 Å². The monoisotopic (exact) mass is 445 g/mol. The van der Waals surface area contributed by atoms with E-state index in [9.17, 15) is 9.59 Å². The van der Waals surface area contributed by atoms with Gasteiger partial charge in [-0.05, 0) is 37.0 Å². The molecule has 3 heterocycles. The Morgan fingerprint density at radius 3 is 2.55 bits per heavy atom. The minimum Gasteiger partial charge on any atom is -0.459 e. The molecule has 0 bridgehead atoms. The molecule has 1 atom stereocenters. The summed E-state index contributed by atoms with van der Waals surface area (Å²) in [4.78, 5) is 39.1. The first kappa shape index (κ1) is 21.2. The molecule has 1 N–H and O–H groups in total. The normalized spacial score (nSPS) is 18.2. The lowest BCUT2D eigenvalue weighted by Gasteiger charge is -2.35. The summed E-state index contributed by atoms with van der Waals surface area (Å²) in [6.07, 6.45) is 2.68. The van der Waals surface area contributed by atoms with E-state index in [0.29, 0.717) is 68.7 Å². The van der Waals surface area contributed by atoms with Crippen molar-refractivity contribution in [3.05, 3.63) is 71.3 Å². The topological polar surface area (TPSA) is 91.6 Å². The van der Waals surface area contributed by atoms with Crippen LogP contribution in [-0.2, 0) is 6.42 Å². The maximum Gasteiger partial charge on any atom is 0.289 e. The van der Waals surface area contributed by atoms with Gasteiger partial charge < -0.3 is 19.5 Å². The van der Waals surface area contributed by atoms with Gasteiger partial charge in [0.15, 0.2) is 11.5 Å². The largest absolute Gasteiger partial charge is 0.459 e. The molecular weight excluding hydrogens is 418 g/mol. The minimum absolute atomic E-state index is 0.0847. The van der Waals surface area contributed by atoms with E-state index < -0.39 is 0 Å². The number of amides is 1. The zero-order chi connectivity index (χ0) is 22.8. The average Bonchev–Trinajstić information content (AvgIpc) is 3.39. The molecule has 33 heavy (non-hydrogen) atoms. The lowest BCUT2D eigenvalue weighted by atomic mass is 9.82. The zero-order valence-electron chi connectivity index (χ0n) is 18.7. The number of carbonyl (C=O) groups is 2. The van der Waals surface area contributed by atoms with Crippen LogP contribution in [0.4, 0.5) is 11.8 Å². The molecule has 1 aromatic carbocycles. The van der Waals surface area contributed by atoms with Crippen molar-refractivity contribution in [2.24, 2.45) is 0 Å². The highest BCUT2D eigenvalue weighted by molar-refractivity contribution is 6.03. The van der Waals surface area contributed by atoms with E-state index in [1.165, 1.54) is 6.26 Å². The Morgan fingerprint density at radius 2 is 1.85 bits per heavy atom. The molecule has 2 aromatic heterocycles. The molecule has 8 nitrogen and oxygen atoms in total. The number of anilines is 2. The number of furan rings is 1. The summed E-state index contributed by atoms with van der Waals surface area (Å²) in [6.45, 7) is 5.01. The van der Waals surface area contributed by atoms with Crippen molar-refractivity contribution in [2.75, 3.05) is 42.9 Å². The summed E-state index contributed by atoms with van der Waals surface area (Å²) in [5, 5.41) is 3.27. The van der Waals surface area contributed by atoms with Crippen LogP contribution in [0.15, 0.2) is 53.1 Å². The van der Waals surface area contributed by atoms with Crippen LogP contribution in [0, 0.1) is 0 Å². The summed E-state index contributed by atoms with van der Waals surface area (Å²) < 4.78 is 5.25. The standard InChI is InChI=1S/C25H27N5O3/c1-2-26-23-22-19(15-18(16-20(22)31)17-7-4-3-5-8-17)27-25(28-23)30-12-10-29(11-13-30)24(32)21-9-6-14-33-21/h3-9,14,18H,2,10-13,15-16H2,1H3,(H,26,27,28)/t18-/m1/s1. The highest BCUT2D eigenvalue weighted by atomic mass is 16.3. The quantitative estimate of drug-likeness (QED) is 0.644. The number of nitrogens with one attached hydrogen (secondary N) is 1. The fraction of sp³-hybridized carbons (Fsp3) is 0.360. The van der Waals surface area contributed by atoms with Gasteiger partial charge in [-0.1, -0.05) is 30.3 Å². The van der Waals surface area contributed by atoms with E-state index in [0.717, 1.165) is 11.3 Å². The number of piperazine rings is 1. The number of rotatable bonds is 5. The maximum absolute atomic E-state index is 13.1. The zero-order valence-corrected chi connectivity index (χ0v) is 18.7. The maximum atomic E-state index is 13.1. The van der Waals surface area contributed by atoms with Gasteiger partial charge in [-0.2, -0.15) is 4.98 Å². The predicted molar refractivity (Wildman–Crippen MR) is 125 cm³/mol. The van der Waals surface area contributed by atoms with Crippen molar-refractivity contribution in [3.8, 4) is 0 Å². The second-order valence-electron chi connectivity index (χ2n) is 8.42. The van der Waals surface area contributed by atoms with Gasteiger partial charge in [0, 0.05) is 39.1 Å². The minimum atomic E-state index is -0.101. The lowest BCUT2D eigenvalue weighted by Crippen LogP contribution is -2.49. The molecule has 0 saturated carbocycles. The SMILES string of the molecule is CCNc1nc(N2CCN(C(=O)c3ccco3)CC2)nc2c1C(=O)C[C@H](c1ccccc1)C2. The van der Waals surface area contributed by atoms with Crippen LogP contribution in [0.3, 0.4) is 0 Å². The molecule has 0 spiro atoms. The first-order valence-electron chi connectivity index (χ1n) is 11.4. The van der Waals surface area contributed by atoms with Gasteiger partial charge in [-0.3, -0.25) is 9.59 Å². The number of fused-ring (bicyclic) bond motifs is 1. The molecule has 1 amide bonds. The number of hydrogen-bond donors (Lipinski definition) is 1. The van der Waals surface area contributed by atoms with E-state index >= 15 is 0 Å². The van der Waals surface area contributed by atoms with Gasteiger partial charge in [-0.15, -0.1) is 0 Å². The molecule has 5 rings (SSSR count). The van der Waals surface area contributed by atoms with E-state index in [2.05, 4.69) is 22.3 Å². The van der Waals surface area contributed by atoms with Crippen LogP contribution in [0.1, 0.15) is 51.4 Å². The Morgan fingerprint density at radius 1 is 1.06 bits per heavy atom. The second kappa shape index (κ2) is 9.05. The first-order valence-corrected chi connectivity index (χ1v) is 11.4. The average molecular weight is 446 g/mol. The van der Waals surface area contributed by atoms with Crippen LogP contribution in [-0.4, -0.2) is 59.3 Å². The summed E-state index contributed by atoms with van der Waals surface area (Å²) in [5.74, 6) is 1.68. The van der Waals surface area contributed by atoms with Crippen LogP contribution in [0.25, 0.3) is 0 Å². The Hall–Kier alpha value is -3.68. The van der Waals surface area contributed by atoms with Crippen molar-refractivity contribution in [3.63, 3.8) is 0 Å². The number of benzene rings is 1. The number of nitrogens with zero attached hydrogens (tertiary/aromatic N) is 4. The molecule has 0 radical (unpaired) electrons. The van der Waals surface area contributed by atoms with Crippen LogP contribution in [0.5, 0.6) is 0 Å². The van der Waals surface area contributed by atoms with Gasteiger partial charge in [-0.25, -0.2) is 4.98 Å². The highest BCUT2D eigenvalue weighted by Crippen LogP contribution is 2.35. The van der Waals surface area contributed by atoms with Gasteiger partial charge in [0.1, 0.15) is 5.82 Å². The molecule has 1 fully saturated rings. The number of aromatic nitrogens is 2. The van der Waals surface area contributed by atoms with Crippen LogP contribution < -0.4 is 10.2 Å². The third-order valence-electron chi connectivity index (χ3n) is 6.32. The van der Waals surface area contributed by atoms with Gasteiger partial charge in [0.2, 0.25) is 5.95 Å². The molecule has 0 unspecified atom stereocenters. The van der Waals surface area contributed by atoms with Crippen molar-refractivity contribution in [1.29, 1.82) is 0 Å². The number of carbonyl (C=O) groups excluding carboxylic acids is 2. The van der Waals surface area contributed by atoms with E-state index in [4.69, 9.17) is 14.4 Å². The Labute approximate surface area is 192 Å². The Balaban J connectivity index is 1.38. The van der Waals surface area contributed by atoms with E-state index in [1.807, 2.05) is 25.1 Å². The van der Waals surface area contributed by atoms with Gasteiger partial charge >= 0.3 is 0 Å². The van der Waals surface area contributed by atoms with E-state index in [1.54, 1.807) is 17.0 Å². The fourth-order valence-corrected chi connectivity index (χ4v) is 4.63.